The van der Waals surface area contributed by atoms with Gasteiger partial charge in [0.2, 0.25) is 0 Å². The van der Waals surface area contributed by atoms with Crippen LogP contribution in [0.25, 0.3) is 0 Å². The molecule has 0 spiro atoms. The van der Waals surface area contributed by atoms with E-state index in [9.17, 15) is 17.6 Å². The van der Waals surface area contributed by atoms with E-state index in [2.05, 4.69) is 10.5 Å². The monoisotopic (exact) mass is 398 g/mol. The van der Waals surface area contributed by atoms with Gasteiger partial charge >= 0.3 is 10.1 Å². The first-order valence-corrected chi connectivity index (χ1v) is 9.53. The Balaban J connectivity index is 1.61. The Bertz CT molecular complexity index is 1100. The minimum absolute atomic E-state index is 0.0562. The molecule has 0 fully saturated rings. The molecule has 0 heterocycles. The first kappa shape index (κ1) is 19.2. The molecule has 6 nitrogen and oxygen atoms in total. The summed E-state index contributed by atoms with van der Waals surface area (Å²) in [7, 11) is -3.91. The van der Waals surface area contributed by atoms with Crippen LogP contribution in [0.3, 0.4) is 0 Å². The lowest BCUT2D eigenvalue weighted by Crippen LogP contribution is -2.17. The van der Waals surface area contributed by atoms with Gasteiger partial charge in [0.05, 0.1) is 6.21 Å². The molecule has 1 amide bonds. The molecule has 1 N–H and O–H groups in total. The van der Waals surface area contributed by atoms with E-state index in [1.807, 2.05) is 0 Å². The van der Waals surface area contributed by atoms with Gasteiger partial charge in [-0.1, -0.05) is 24.3 Å². The standard InChI is InChI=1S/C20H15FN2O4S/c21-17-6-4-5-16(13-17)20(24)23-22-14-15-9-11-18(12-10-15)27-28(25,26)19-7-2-1-3-8-19/h1-14H,(H,23,24)/b22-14+. The van der Waals surface area contributed by atoms with Crippen molar-refractivity contribution in [2.45, 2.75) is 4.90 Å². The second kappa shape index (κ2) is 8.45. The number of halogens is 1. The van der Waals surface area contributed by atoms with E-state index in [4.69, 9.17) is 4.18 Å². The van der Waals surface area contributed by atoms with Crippen LogP contribution in [-0.2, 0) is 10.1 Å². The number of nitrogens with zero attached hydrogens (tertiary/aromatic N) is 1. The Kier molecular flexibility index (Phi) is 5.81. The Hall–Kier alpha value is -3.52. The molecule has 0 saturated heterocycles. The van der Waals surface area contributed by atoms with E-state index in [1.54, 1.807) is 30.3 Å². The van der Waals surface area contributed by atoms with Gasteiger partial charge in [0, 0.05) is 5.56 Å². The zero-order valence-corrected chi connectivity index (χ0v) is 15.3. The fourth-order valence-electron chi connectivity index (χ4n) is 2.23. The Morgan fingerprint density at radius 1 is 0.964 bits per heavy atom. The number of benzene rings is 3. The van der Waals surface area contributed by atoms with Crippen LogP contribution in [0.1, 0.15) is 15.9 Å². The van der Waals surface area contributed by atoms with Gasteiger partial charge in [0.25, 0.3) is 5.91 Å². The molecule has 3 aromatic rings. The highest BCUT2D eigenvalue weighted by Gasteiger charge is 2.15. The minimum Gasteiger partial charge on any atom is -0.379 e. The molecule has 0 aliphatic carbocycles. The Labute approximate surface area is 161 Å². The second-order valence-corrected chi connectivity index (χ2v) is 7.18. The topological polar surface area (TPSA) is 84.8 Å². The number of carbonyl (C=O) groups is 1. The van der Waals surface area contributed by atoms with Gasteiger partial charge < -0.3 is 4.18 Å². The van der Waals surface area contributed by atoms with E-state index in [0.717, 1.165) is 6.07 Å². The van der Waals surface area contributed by atoms with Gasteiger partial charge in [0.1, 0.15) is 16.5 Å². The highest BCUT2D eigenvalue weighted by Crippen LogP contribution is 2.18. The van der Waals surface area contributed by atoms with Gasteiger partial charge in [-0.3, -0.25) is 4.79 Å². The Morgan fingerprint density at radius 3 is 2.36 bits per heavy atom. The number of nitrogens with one attached hydrogen (secondary N) is 1. The number of hydrogen-bond acceptors (Lipinski definition) is 5. The van der Waals surface area contributed by atoms with Gasteiger partial charge in [-0.25, -0.2) is 9.82 Å². The van der Waals surface area contributed by atoms with Crippen molar-refractivity contribution in [3.05, 3.63) is 95.8 Å². The smallest absolute Gasteiger partial charge is 0.339 e. The normalized spacial score (nSPS) is 11.3. The van der Waals surface area contributed by atoms with Crippen molar-refractivity contribution in [1.29, 1.82) is 0 Å². The summed E-state index contributed by atoms with van der Waals surface area (Å²) in [6, 6.07) is 19.1. The molecule has 0 atom stereocenters. The highest BCUT2D eigenvalue weighted by molar-refractivity contribution is 7.87. The van der Waals surface area contributed by atoms with Gasteiger partial charge in [-0.15, -0.1) is 0 Å². The minimum atomic E-state index is -3.91. The van der Waals surface area contributed by atoms with Gasteiger partial charge in [-0.2, -0.15) is 13.5 Å². The van der Waals surface area contributed by atoms with Gasteiger partial charge in [-0.05, 0) is 60.2 Å². The van der Waals surface area contributed by atoms with Crippen LogP contribution < -0.4 is 9.61 Å². The van der Waals surface area contributed by atoms with Crippen molar-refractivity contribution >= 4 is 22.2 Å². The van der Waals surface area contributed by atoms with E-state index in [-0.39, 0.29) is 16.2 Å². The summed E-state index contributed by atoms with van der Waals surface area (Å²) in [5.74, 6) is -0.924. The molecule has 3 rings (SSSR count). The van der Waals surface area contributed by atoms with Crippen LogP contribution in [-0.4, -0.2) is 20.5 Å². The van der Waals surface area contributed by atoms with Crippen LogP contribution in [0.4, 0.5) is 4.39 Å². The second-order valence-electron chi connectivity index (χ2n) is 5.63. The predicted octanol–water partition coefficient (Wildman–Crippen LogP) is 3.36. The number of hydrogen-bond donors (Lipinski definition) is 1. The molecule has 142 valence electrons. The molecule has 0 saturated carbocycles. The zero-order chi connectivity index (χ0) is 20.0. The van der Waals surface area contributed by atoms with Crippen molar-refractivity contribution in [3.8, 4) is 5.75 Å². The number of rotatable bonds is 6. The average molecular weight is 398 g/mol. The fourth-order valence-corrected chi connectivity index (χ4v) is 3.18. The zero-order valence-electron chi connectivity index (χ0n) is 14.4. The average Bonchev–Trinajstić information content (AvgIpc) is 2.70. The molecular weight excluding hydrogens is 383 g/mol. The van der Waals surface area contributed by atoms with Gasteiger partial charge in [0.15, 0.2) is 0 Å². The van der Waals surface area contributed by atoms with Crippen LogP contribution in [0, 0.1) is 5.82 Å². The fraction of sp³-hybridized carbons (Fsp3) is 0. The van der Waals surface area contributed by atoms with Crippen molar-refractivity contribution < 1.29 is 21.8 Å². The summed E-state index contributed by atoms with van der Waals surface area (Å²) >= 11 is 0. The lowest BCUT2D eigenvalue weighted by atomic mass is 10.2. The molecule has 8 heteroatoms. The molecule has 0 bridgehead atoms. The first-order valence-electron chi connectivity index (χ1n) is 8.13. The van der Waals surface area contributed by atoms with E-state index < -0.39 is 21.8 Å². The van der Waals surface area contributed by atoms with Crippen LogP contribution >= 0.6 is 0 Å². The van der Waals surface area contributed by atoms with E-state index >= 15 is 0 Å². The largest absolute Gasteiger partial charge is 0.379 e. The van der Waals surface area contributed by atoms with Crippen molar-refractivity contribution in [2.24, 2.45) is 5.10 Å². The summed E-state index contributed by atoms with van der Waals surface area (Å²) in [4.78, 5) is 11.9. The third kappa shape index (κ3) is 5.01. The Morgan fingerprint density at radius 2 is 1.68 bits per heavy atom. The first-order chi connectivity index (χ1) is 13.4. The summed E-state index contributed by atoms with van der Waals surface area (Å²) in [5.41, 5.74) is 3.03. The molecule has 0 aromatic heterocycles. The number of hydrazone groups is 1. The van der Waals surface area contributed by atoms with Crippen LogP contribution in [0.2, 0.25) is 0 Å². The summed E-state index contributed by atoms with van der Waals surface area (Å²) < 4.78 is 42.5. The lowest BCUT2D eigenvalue weighted by molar-refractivity contribution is 0.0954. The predicted molar refractivity (Wildman–Crippen MR) is 102 cm³/mol. The number of amides is 1. The van der Waals surface area contributed by atoms with Crippen molar-refractivity contribution in [2.75, 3.05) is 0 Å². The summed E-state index contributed by atoms with van der Waals surface area (Å²) in [6.07, 6.45) is 1.37. The number of carbonyl (C=O) groups excluding carboxylic acids is 1. The third-order valence-electron chi connectivity index (χ3n) is 3.58. The maximum absolute atomic E-state index is 13.1. The maximum atomic E-state index is 13.1. The molecule has 0 unspecified atom stereocenters. The van der Waals surface area contributed by atoms with Crippen molar-refractivity contribution in [3.63, 3.8) is 0 Å². The maximum Gasteiger partial charge on any atom is 0.339 e. The molecule has 3 aromatic carbocycles. The molecular formula is C20H15FN2O4S. The van der Waals surface area contributed by atoms with Crippen LogP contribution in [0.5, 0.6) is 5.75 Å². The molecule has 0 aliphatic rings. The molecule has 0 radical (unpaired) electrons. The SMILES string of the molecule is O=C(N/N=C/c1ccc(OS(=O)(=O)c2ccccc2)cc1)c1cccc(F)c1. The van der Waals surface area contributed by atoms with E-state index in [1.165, 1.54) is 48.7 Å². The lowest BCUT2D eigenvalue weighted by Gasteiger charge is -2.07. The summed E-state index contributed by atoms with van der Waals surface area (Å²) in [6.45, 7) is 0. The molecule has 0 aliphatic heterocycles. The highest BCUT2D eigenvalue weighted by atomic mass is 32.2. The van der Waals surface area contributed by atoms with Crippen LogP contribution in [0.15, 0.2) is 88.9 Å². The van der Waals surface area contributed by atoms with E-state index in [0.29, 0.717) is 5.56 Å². The quantitative estimate of drug-likeness (QED) is 0.392. The van der Waals surface area contributed by atoms with Crippen molar-refractivity contribution in [1.82, 2.24) is 5.43 Å². The summed E-state index contributed by atoms with van der Waals surface area (Å²) in [5, 5.41) is 3.79. The molecule has 28 heavy (non-hydrogen) atoms. The third-order valence-corrected chi connectivity index (χ3v) is 4.85.